The number of fused-ring (bicyclic) bond motifs is 1. The molecule has 0 atom stereocenters. The molecule has 3 aromatic rings. The molecule has 1 aliphatic rings. The minimum atomic E-state index is -0.968. The van der Waals surface area contributed by atoms with Gasteiger partial charge in [0, 0.05) is 18.4 Å². The van der Waals surface area contributed by atoms with E-state index in [1.54, 1.807) is 30.3 Å². The second-order valence-electron chi connectivity index (χ2n) is 6.26. The number of nitrogens with two attached hydrogens (primary N) is 1. The van der Waals surface area contributed by atoms with E-state index in [9.17, 15) is 4.79 Å². The van der Waals surface area contributed by atoms with Gasteiger partial charge in [-0.15, -0.1) is 0 Å². The molecule has 0 radical (unpaired) electrons. The maximum Gasteiger partial charge on any atom is 0.335 e. The van der Waals surface area contributed by atoms with Crippen molar-refractivity contribution in [2.24, 2.45) is 0 Å². The van der Waals surface area contributed by atoms with Gasteiger partial charge in [-0.1, -0.05) is 12.1 Å². The molecule has 8 nitrogen and oxygen atoms in total. The molecule has 3 N–H and O–H groups in total. The Labute approximate surface area is 155 Å². The van der Waals surface area contributed by atoms with E-state index in [4.69, 9.17) is 20.3 Å². The molecule has 138 valence electrons. The quantitative estimate of drug-likeness (QED) is 0.722. The maximum atomic E-state index is 11.0. The summed E-state index contributed by atoms with van der Waals surface area (Å²) in [5, 5.41) is 9.04. The third-order valence-electron chi connectivity index (χ3n) is 4.40. The van der Waals surface area contributed by atoms with E-state index >= 15 is 0 Å². The maximum absolute atomic E-state index is 11.0. The molecule has 0 amide bonds. The molecular weight excluding hydrogens is 348 g/mol. The zero-order valence-corrected chi connectivity index (χ0v) is 14.5. The lowest BCUT2D eigenvalue weighted by Crippen LogP contribution is -2.26. The Morgan fingerprint density at radius 2 is 1.81 bits per heavy atom. The van der Waals surface area contributed by atoms with Gasteiger partial charge >= 0.3 is 5.97 Å². The number of pyridine rings is 1. The van der Waals surface area contributed by atoms with E-state index in [0.29, 0.717) is 35.8 Å². The van der Waals surface area contributed by atoms with E-state index in [1.165, 1.54) is 0 Å². The topological polar surface area (TPSA) is 120 Å². The Morgan fingerprint density at radius 3 is 2.52 bits per heavy atom. The van der Waals surface area contributed by atoms with Gasteiger partial charge in [-0.05, 0) is 24.3 Å². The Morgan fingerprint density at radius 1 is 1.07 bits per heavy atom. The lowest BCUT2D eigenvalue weighted by molar-refractivity contribution is 0.0243. The van der Waals surface area contributed by atoms with Crippen molar-refractivity contribution in [2.75, 3.05) is 18.9 Å². The van der Waals surface area contributed by atoms with Gasteiger partial charge in [0.1, 0.15) is 6.10 Å². The van der Waals surface area contributed by atoms with Crippen LogP contribution in [0.25, 0.3) is 22.3 Å². The van der Waals surface area contributed by atoms with Crippen LogP contribution in [-0.2, 0) is 4.74 Å². The molecular formula is C19H18N4O4. The first-order valence-electron chi connectivity index (χ1n) is 8.62. The first-order valence-corrected chi connectivity index (χ1v) is 8.62. The summed E-state index contributed by atoms with van der Waals surface area (Å²) in [6, 6.07) is 10.1. The van der Waals surface area contributed by atoms with Crippen molar-refractivity contribution in [3.63, 3.8) is 0 Å². The van der Waals surface area contributed by atoms with Crippen LogP contribution < -0.4 is 10.5 Å². The highest BCUT2D eigenvalue weighted by Gasteiger charge is 2.19. The monoisotopic (exact) mass is 366 g/mol. The molecule has 3 heterocycles. The van der Waals surface area contributed by atoms with E-state index in [1.807, 2.05) is 6.07 Å². The molecule has 1 aliphatic heterocycles. The fourth-order valence-corrected chi connectivity index (χ4v) is 2.98. The zero-order chi connectivity index (χ0) is 18.8. The van der Waals surface area contributed by atoms with Gasteiger partial charge in [0.15, 0.2) is 5.52 Å². The van der Waals surface area contributed by atoms with Crippen LogP contribution in [0, 0.1) is 0 Å². The molecule has 8 heteroatoms. The van der Waals surface area contributed by atoms with Gasteiger partial charge in [-0.25, -0.2) is 14.8 Å². The summed E-state index contributed by atoms with van der Waals surface area (Å²) in [4.78, 5) is 24.1. The first-order chi connectivity index (χ1) is 13.1. The number of rotatable bonds is 4. The van der Waals surface area contributed by atoms with Crippen LogP contribution in [-0.4, -0.2) is 45.3 Å². The molecule has 1 saturated heterocycles. The second kappa shape index (κ2) is 7.16. The molecule has 4 rings (SSSR count). The van der Waals surface area contributed by atoms with E-state index in [2.05, 4.69) is 15.0 Å². The van der Waals surface area contributed by atoms with Crippen LogP contribution in [0.15, 0.2) is 36.4 Å². The molecule has 0 bridgehead atoms. The fourth-order valence-electron chi connectivity index (χ4n) is 2.98. The summed E-state index contributed by atoms with van der Waals surface area (Å²) in [6.07, 6.45) is 1.56. The number of carbonyl (C=O) groups is 1. The van der Waals surface area contributed by atoms with Crippen molar-refractivity contribution in [3.8, 4) is 17.1 Å². The van der Waals surface area contributed by atoms with Crippen LogP contribution >= 0.6 is 0 Å². The van der Waals surface area contributed by atoms with Gasteiger partial charge in [0.05, 0.1) is 30.0 Å². The van der Waals surface area contributed by atoms with Crippen molar-refractivity contribution in [2.45, 2.75) is 18.9 Å². The summed E-state index contributed by atoms with van der Waals surface area (Å²) in [6.45, 7) is 1.30. The van der Waals surface area contributed by atoms with Crippen molar-refractivity contribution >= 4 is 23.0 Å². The molecule has 0 spiro atoms. The normalized spacial score (nSPS) is 15.0. The van der Waals surface area contributed by atoms with Crippen molar-refractivity contribution in [3.05, 3.63) is 42.0 Å². The van der Waals surface area contributed by atoms with Gasteiger partial charge in [0.2, 0.25) is 11.8 Å². The molecule has 2 aromatic heterocycles. The highest BCUT2D eigenvalue weighted by molar-refractivity contribution is 5.88. The average molecular weight is 366 g/mol. The van der Waals surface area contributed by atoms with Crippen LogP contribution in [0.4, 0.5) is 5.95 Å². The molecule has 27 heavy (non-hydrogen) atoms. The number of carboxylic acid groups (broad SMARTS) is 1. The zero-order valence-electron chi connectivity index (χ0n) is 14.5. The lowest BCUT2D eigenvalue weighted by Gasteiger charge is -2.23. The Bertz CT molecular complexity index is 985. The minimum Gasteiger partial charge on any atom is -0.478 e. The second-order valence-corrected chi connectivity index (χ2v) is 6.26. The van der Waals surface area contributed by atoms with Crippen LogP contribution in [0.1, 0.15) is 23.2 Å². The molecule has 1 fully saturated rings. The molecule has 0 unspecified atom stereocenters. The number of hydrogen-bond donors (Lipinski definition) is 2. The van der Waals surface area contributed by atoms with E-state index in [0.717, 1.165) is 18.4 Å². The van der Waals surface area contributed by atoms with Gasteiger partial charge in [-0.2, -0.15) is 4.98 Å². The number of nitrogen functional groups attached to an aromatic ring is 1. The molecule has 0 aliphatic carbocycles. The Balaban J connectivity index is 1.72. The largest absolute Gasteiger partial charge is 0.478 e. The predicted molar refractivity (Wildman–Crippen MR) is 98.6 cm³/mol. The number of aromatic carboxylic acids is 1. The molecule has 1 aromatic carbocycles. The van der Waals surface area contributed by atoms with Crippen LogP contribution in [0.3, 0.4) is 0 Å². The van der Waals surface area contributed by atoms with E-state index < -0.39 is 5.97 Å². The predicted octanol–water partition coefficient (Wildman–Crippen LogP) is 2.53. The van der Waals surface area contributed by atoms with Gasteiger partial charge in [-0.3, -0.25) is 0 Å². The van der Waals surface area contributed by atoms with Crippen molar-refractivity contribution in [1.82, 2.24) is 15.0 Å². The summed E-state index contributed by atoms with van der Waals surface area (Å²) < 4.78 is 11.4. The highest BCUT2D eigenvalue weighted by Crippen LogP contribution is 2.28. The van der Waals surface area contributed by atoms with Crippen molar-refractivity contribution in [1.29, 1.82) is 0 Å². The number of hydrogen-bond acceptors (Lipinski definition) is 7. The average Bonchev–Trinajstić information content (AvgIpc) is 2.68. The fraction of sp³-hybridized carbons (Fsp3) is 0.263. The number of ether oxygens (including phenoxy) is 2. The number of benzene rings is 1. The third-order valence-corrected chi connectivity index (χ3v) is 4.40. The number of nitrogens with zero attached hydrogens (tertiary/aromatic N) is 3. The summed E-state index contributed by atoms with van der Waals surface area (Å²) >= 11 is 0. The summed E-state index contributed by atoms with van der Waals surface area (Å²) in [5.74, 6) is -0.484. The Hall–Kier alpha value is -3.26. The van der Waals surface area contributed by atoms with Crippen LogP contribution in [0.5, 0.6) is 5.88 Å². The number of aromatic nitrogens is 3. The molecule has 0 saturated carbocycles. The minimum absolute atomic E-state index is 0.00319. The number of carboxylic acids is 1. The first kappa shape index (κ1) is 17.2. The van der Waals surface area contributed by atoms with Gasteiger partial charge < -0.3 is 20.3 Å². The Kier molecular flexibility index (Phi) is 4.55. The van der Waals surface area contributed by atoms with Crippen molar-refractivity contribution < 1.29 is 19.4 Å². The summed E-state index contributed by atoms with van der Waals surface area (Å²) in [7, 11) is 0. The van der Waals surface area contributed by atoms with Crippen LogP contribution in [0.2, 0.25) is 0 Å². The standard InChI is InChI=1S/C19H18N4O4/c20-19-22-15-6-5-14(11-1-3-12(4-2-11)18(24)25)21-16(15)17(23-19)27-13-7-9-26-10-8-13/h1-6,13H,7-10H2,(H,24,25)(H2,20,22,23). The summed E-state index contributed by atoms with van der Waals surface area (Å²) in [5.41, 5.74) is 8.61. The third kappa shape index (κ3) is 3.65. The smallest absolute Gasteiger partial charge is 0.335 e. The highest BCUT2D eigenvalue weighted by atomic mass is 16.5. The SMILES string of the molecule is Nc1nc(OC2CCOCC2)c2nc(-c3ccc(C(=O)O)cc3)ccc2n1. The lowest BCUT2D eigenvalue weighted by atomic mass is 10.1. The van der Waals surface area contributed by atoms with E-state index in [-0.39, 0.29) is 17.6 Å². The number of anilines is 1. The van der Waals surface area contributed by atoms with Gasteiger partial charge in [0.25, 0.3) is 0 Å².